The second-order valence-electron chi connectivity index (χ2n) is 7.21. The first-order chi connectivity index (χ1) is 13.1. The lowest BCUT2D eigenvalue weighted by Crippen LogP contribution is -3.12. The average Bonchev–Trinajstić information content (AvgIpc) is 2.72. The number of morpholine rings is 1. The van der Waals surface area contributed by atoms with Gasteiger partial charge in [-0.15, -0.1) is 0 Å². The molecular formula is C19H30N3O4S+. The lowest BCUT2D eigenvalue weighted by molar-refractivity contribution is -0.904. The fourth-order valence-electron chi connectivity index (χ4n) is 3.66. The van der Waals surface area contributed by atoms with Crippen LogP contribution in [0.3, 0.4) is 0 Å². The van der Waals surface area contributed by atoms with Crippen LogP contribution in [0, 0.1) is 0 Å². The number of hydrogen-bond donors (Lipinski definition) is 2. The number of rotatable bonds is 7. The van der Waals surface area contributed by atoms with Crippen molar-refractivity contribution in [2.75, 3.05) is 52.5 Å². The molecule has 2 aliphatic heterocycles. The van der Waals surface area contributed by atoms with Crippen LogP contribution in [-0.4, -0.2) is 71.1 Å². The molecule has 1 aromatic rings. The van der Waals surface area contributed by atoms with E-state index in [0.29, 0.717) is 38.4 Å². The monoisotopic (exact) mass is 396 g/mol. The molecule has 2 fully saturated rings. The largest absolute Gasteiger partial charge is 0.379 e. The highest BCUT2D eigenvalue weighted by Crippen LogP contribution is 2.17. The second-order valence-corrected chi connectivity index (χ2v) is 9.15. The number of piperidine rings is 1. The molecule has 2 saturated heterocycles. The zero-order valence-corrected chi connectivity index (χ0v) is 16.6. The van der Waals surface area contributed by atoms with Gasteiger partial charge in [0.1, 0.15) is 0 Å². The number of nitrogens with zero attached hydrogens (tertiary/aromatic N) is 1. The third-order valence-corrected chi connectivity index (χ3v) is 7.19. The lowest BCUT2D eigenvalue weighted by atomic mass is 10.1. The van der Waals surface area contributed by atoms with Gasteiger partial charge in [-0.3, -0.25) is 4.79 Å². The van der Waals surface area contributed by atoms with E-state index < -0.39 is 10.0 Å². The first-order valence-corrected chi connectivity index (χ1v) is 11.3. The Labute approximate surface area is 161 Å². The van der Waals surface area contributed by atoms with Crippen molar-refractivity contribution in [3.63, 3.8) is 0 Å². The van der Waals surface area contributed by atoms with Gasteiger partial charge in [-0.05, 0) is 43.5 Å². The highest BCUT2D eigenvalue weighted by atomic mass is 32.2. The molecule has 0 bridgehead atoms. The van der Waals surface area contributed by atoms with Crippen LogP contribution in [0.5, 0.6) is 0 Å². The zero-order valence-electron chi connectivity index (χ0n) is 15.8. The predicted octanol–water partition coefficient (Wildman–Crippen LogP) is -0.104. The van der Waals surface area contributed by atoms with Gasteiger partial charge >= 0.3 is 0 Å². The van der Waals surface area contributed by atoms with Crippen LogP contribution in [0.4, 0.5) is 0 Å². The standard InChI is InChI=1S/C19H29N3O4S/c23-19(20-9-4-12-21-10-2-1-3-11-21)17-5-7-18(8-6-17)27(24,25)22-13-15-26-16-14-22/h5-8H,1-4,9-16H2,(H,20,23)/p+1. The topological polar surface area (TPSA) is 80.2 Å². The first kappa shape index (κ1) is 20.3. The Bertz CT molecular complexity index is 709. The quantitative estimate of drug-likeness (QED) is 0.631. The summed E-state index contributed by atoms with van der Waals surface area (Å²) in [6.07, 6.45) is 4.92. The molecule has 3 rings (SSSR count). The summed E-state index contributed by atoms with van der Waals surface area (Å²) in [4.78, 5) is 14.1. The smallest absolute Gasteiger partial charge is 0.251 e. The van der Waals surface area contributed by atoms with Crippen LogP contribution in [0.15, 0.2) is 29.2 Å². The maximum absolute atomic E-state index is 12.6. The van der Waals surface area contributed by atoms with Crippen molar-refractivity contribution in [3.05, 3.63) is 29.8 Å². The summed E-state index contributed by atoms with van der Waals surface area (Å²) in [5.41, 5.74) is 0.487. The molecule has 2 heterocycles. The molecular weight excluding hydrogens is 366 g/mol. The average molecular weight is 397 g/mol. The molecule has 0 aliphatic carbocycles. The van der Waals surface area contributed by atoms with Crippen LogP contribution in [-0.2, 0) is 14.8 Å². The Balaban J connectivity index is 1.48. The predicted molar refractivity (Wildman–Crippen MR) is 102 cm³/mol. The summed E-state index contributed by atoms with van der Waals surface area (Å²) in [6.45, 7) is 5.79. The Kier molecular flexibility index (Phi) is 7.23. The molecule has 2 N–H and O–H groups in total. The van der Waals surface area contributed by atoms with Gasteiger partial charge in [-0.2, -0.15) is 4.31 Å². The van der Waals surface area contributed by atoms with Crippen molar-refractivity contribution in [2.45, 2.75) is 30.6 Å². The van der Waals surface area contributed by atoms with Gasteiger partial charge in [-0.1, -0.05) is 0 Å². The molecule has 0 saturated carbocycles. The van der Waals surface area contributed by atoms with Gasteiger partial charge in [0.2, 0.25) is 10.0 Å². The Hall–Kier alpha value is -1.48. The number of carbonyl (C=O) groups excluding carboxylic acids is 1. The molecule has 0 spiro atoms. The van der Waals surface area contributed by atoms with Gasteiger partial charge in [0.25, 0.3) is 5.91 Å². The molecule has 0 unspecified atom stereocenters. The normalized spacial score (nSPS) is 19.7. The molecule has 2 aliphatic rings. The van der Waals surface area contributed by atoms with E-state index in [4.69, 9.17) is 4.74 Å². The molecule has 27 heavy (non-hydrogen) atoms. The van der Waals surface area contributed by atoms with E-state index in [-0.39, 0.29) is 10.8 Å². The summed E-state index contributed by atoms with van der Waals surface area (Å²) in [5, 5.41) is 2.93. The van der Waals surface area contributed by atoms with E-state index in [2.05, 4.69) is 5.32 Å². The summed E-state index contributed by atoms with van der Waals surface area (Å²) in [7, 11) is -3.52. The summed E-state index contributed by atoms with van der Waals surface area (Å²) in [5.74, 6) is -0.154. The lowest BCUT2D eigenvalue weighted by Gasteiger charge is -2.26. The summed E-state index contributed by atoms with van der Waals surface area (Å²) < 4.78 is 31.8. The minimum Gasteiger partial charge on any atom is -0.379 e. The van der Waals surface area contributed by atoms with E-state index in [1.807, 2.05) is 0 Å². The number of amides is 1. The number of ether oxygens (including phenoxy) is 1. The second kappa shape index (κ2) is 9.64. The maximum Gasteiger partial charge on any atom is 0.251 e. The van der Waals surface area contributed by atoms with Gasteiger partial charge < -0.3 is 15.0 Å². The van der Waals surface area contributed by atoms with Crippen molar-refractivity contribution in [3.8, 4) is 0 Å². The molecule has 7 nitrogen and oxygen atoms in total. The highest BCUT2D eigenvalue weighted by molar-refractivity contribution is 7.89. The first-order valence-electron chi connectivity index (χ1n) is 9.87. The Morgan fingerprint density at radius 2 is 1.74 bits per heavy atom. The number of benzene rings is 1. The highest BCUT2D eigenvalue weighted by Gasteiger charge is 2.26. The molecule has 1 amide bonds. The minimum absolute atomic E-state index is 0.154. The van der Waals surface area contributed by atoms with Crippen LogP contribution in [0.25, 0.3) is 0 Å². The third-order valence-electron chi connectivity index (χ3n) is 5.28. The molecule has 8 heteroatoms. The van der Waals surface area contributed by atoms with E-state index in [9.17, 15) is 13.2 Å². The van der Waals surface area contributed by atoms with Gasteiger partial charge in [-0.25, -0.2) is 8.42 Å². The van der Waals surface area contributed by atoms with Crippen LogP contribution < -0.4 is 10.2 Å². The summed E-state index contributed by atoms with van der Waals surface area (Å²) >= 11 is 0. The maximum atomic E-state index is 12.6. The Morgan fingerprint density at radius 1 is 1.07 bits per heavy atom. The number of likely N-dealkylation sites (tertiary alicyclic amines) is 1. The number of quaternary nitrogens is 1. The van der Waals surface area contributed by atoms with Crippen molar-refractivity contribution < 1.29 is 22.8 Å². The van der Waals surface area contributed by atoms with E-state index in [0.717, 1.165) is 13.0 Å². The van der Waals surface area contributed by atoms with Crippen LogP contribution >= 0.6 is 0 Å². The zero-order chi connectivity index (χ0) is 19.1. The molecule has 0 aromatic heterocycles. The molecule has 0 atom stereocenters. The molecule has 1 aromatic carbocycles. The number of sulfonamides is 1. The van der Waals surface area contributed by atoms with Gasteiger partial charge in [0.15, 0.2) is 0 Å². The number of nitrogens with one attached hydrogen (secondary N) is 2. The number of hydrogen-bond acceptors (Lipinski definition) is 4. The Morgan fingerprint density at radius 3 is 2.41 bits per heavy atom. The SMILES string of the molecule is O=C(NCCC[NH+]1CCCCC1)c1ccc(S(=O)(=O)N2CCOCC2)cc1. The van der Waals surface area contributed by atoms with Gasteiger partial charge in [0.05, 0.1) is 37.7 Å². The minimum atomic E-state index is -3.52. The van der Waals surface area contributed by atoms with E-state index in [1.165, 1.54) is 48.8 Å². The fourth-order valence-corrected chi connectivity index (χ4v) is 5.07. The van der Waals surface area contributed by atoms with E-state index >= 15 is 0 Å². The van der Waals surface area contributed by atoms with E-state index in [1.54, 1.807) is 17.0 Å². The molecule has 150 valence electrons. The third kappa shape index (κ3) is 5.51. The van der Waals surface area contributed by atoms with Crippen molar-refractivity contribution >= 4 is 15.9 Å². The van der Waals surface area contributed by atoms with Gasteiger partial charge in [0, 0.05) is 31.6 Å². The fraction of sp³-hybridized carbons (Fsp3) is 0.632. The van der Waals surface area contributed by atoms with Crippen LogP contribution in [0.2, 0.25) is 0 Å². The van der Waals surface area contributed by atoms with Crippen molar-refractivity contribution in [1.29, 1.82) is 0 Å². The van der Waals surface area contributed by atoms with Crippen molar-refractivity contribution in [2.24, 2.45) is 0 Å². The van der Waals surface area contributed by atoms with Crippen LogP contribution in [0.1, 0.15) is 36.0 Å². The number of carbonyl (C=O) groups is 1. The summed E-state index contributed by atoms with van der Waals surface area (Å²) in [6, 6.07) is 6.19. The molecule has 0 radical (unpaired) electrons. The van der Waals surface area contributed by atoms with Crippen molar-refractivity contribution in [1.82, 2.24) is 9.62 Å².